The summed E-state index contributed by atoms with van der Waals surface area (Å²) in [5, 5.41) is 10.8. The van der Waals surface area contributed by atoms with Gasteiger partial charge in [-0.2, -0.15) is 0 Å². The molecule has 1 N–H and O–H groups in total. The molecule has 17 heavy (non-hydrogen) atoms. The number of likely N-dealkylation sites (tertiary alicyclic amines) is 1. The molecule has 0 aromatic rings. The fraction of sp³-hybridized carbons (Fsp3) is 0.857. The first kappa shape index (κ1) is 12.9. The minimum Gasteiger partial charge on any atom is -0.501 e. The van der Waals surface area contributed by atoms with E-state index in [0.29, 0.717) is 0 Å². The number of ether oxygens (including phenoxy) is 1. The number of hydrogen-bond donors (Lipinski definition) is 1. The van der Waals surface area contributed by atoms with E-state index in [2.05, 4.69) is 11.8 Å². The van der Waals surface area contributed by atoms with Crippen molar-refractivity contribution in [3.8, 4) is 0 Å². The summed E-state index contributed by atoms with van der Waals surface area (Å²) in [5.41, 5.74) is 0.533. The Labute approximate surface area is 104 Å². The summed E-state index contributed by atoms with van der Waals surface area (Å²) in [6.07, 6.45) is 7.92. The molecule has 1 saturated heterocycles. The van der Waals surface area contributed by atoms with E-state index in [9.17, 15) is 5.11 Å². The second-order valence-corrected chi connectivity index (χ2v) is 5.34. The van der Waals surface area contributed by atoms with E-state index in [1.165, 1.54) is 6.42 Å². The fourth-order valence-electron chi connectivity index (χ4n) is 2.94. The van der Waals surface area contributed by atoms with Crippen LogP contribution in [0.4, 0.5) is 0 Å². The molecule has 2 aliphatic rings. The van der Waals surface area contributed by atoms with Gasteiger partial charge in [-0.05, 0) is 57.2 Å². The van der Waals surface area contributed by atoms with E-state index in [1.54, 1.807) is 0 Å². The molecule has 0 aliphatic carbocycles. The van der Waals surface area contributed by atoms with Crippen molar-refractivity contribution in [1.29, 1.82) is 0 Å². The predicted octanol–water partition coefficient (Wildman–Crippen LogP) is 2.31. The lowest BCUT2D eigenvalue weighted by Gasteiger charge is -2.31. The Bertz CT molecular complexity index is 277. The number of hydrogen-bond acceptors (Lipinski definition) is 3. The lowest BCUT2D eigenvalue weighted by molar-refractivity contribution is 0.0480. The Kier molecular flexibility index (Phi) is 4.46. The average molecular weight is 239 g/mol. The van der Waals surface area contributed by atoms with Gasteiger partial charge in [-0.1, -0.05) is 6.92 Å². The monoisotopic (exact) mass is 239 g/mol. The van der Waals surface area contributed by atoms with E-state index >= 15 is 0 Å². The molecular formula is C14H25NO2. The molecule has 2 rings (SSSR count). The largest absolute Gasteiger partial charge is 0.501 e. The Morgan fingerprint density at radius 3 is 2.94 bits per heavy atom. The van der Waals surface area contributed by atoms with E-state index in [4.69, 9.17) is 4.74 Å². The second kappa shape index (κ2) is 5.87. The van der Waals surface area contributed by atoms with Gasteiger partial charge in [0.2, 0.25) is 0 Å². The van der Waals surface area contributed by atoms with E-state index in [1.807, 2.05) is 6.26 Å². The molecule has 0 aromatic heterocycles. The normalized spacial score (nSPS) is 31.5. The number of nitrogens with zero attached hydrogens (tertiary/aromatic N) is 1. The SMILES string of the molecule is CCCN1CCCC(O)(C2=COCCC2)CC1. The van der Waals surface area contributed by atoms with Gasteiger partial charge in [0, 0.05) is 6.54 Å². The maximum Gasteiger partial charge on any atom is 0.0901 e. The van der Waals surface area contributed by atoms with Crippen LogP contribution in [0.3, 0.4) is 0 Å². The van der Waals surface area contributed by atoms with Gasteiger partial charge in [-0.3, -0.25) is 0 Å². The minimum absolute atomic E-state index is 0.594. The van der Waals surface area contributed by atoms with Crippen molar-refractivity contribution in [1.82, 2.24) is 4.90 Å². The van der Waals surface area contributed by atoms with Crippen LogP contribution in [0.25, 0.3) is 0 Å². The zero-order valence-corrected chi connectivity index (χ0v) is 11.0. The quantitative estimate of drug-likeness (QED) is 0.820. The van der Waals surface area contributed by atoms with Gasteiger partial charge in [0.15, 0.2) is 0 Å². The van der Waals surface area contributed by atoms with Gasteiger partial charge in [0.1, 0.15) is 0 Å². The summed E-state index contributed by atoms with van der Waals surface area (Å²) in [5.74, 6) is 0. The van der Waals surface area contributed by atoms with Crippen molar-refractivity contribution >= 4 is 0 Å². The summed E-state index contributed by atoms with van der Waals surface area (Å²) in [6.45, 7) is 6.33. The van der Waals surface area contributed by atoms with Crippen molar-refractivity contribution in [2.75, 3.05) is 26.2 Å². The molecule has 0 aromatic carbocycles. The Balaban J connectivity index is 1.98. The maximum atomic E-state index is 10.8. The molecule has 1 fully saturated rings. The molecule has 1 unspecified atom stereocenters. The second-order valence-electron chi connectivity index (χ2n) is 5.34. The van der Waals surface area contributed by atoms with Crippen LogP contribution in [0.2, 0.25) is 0 Å². The van der Waals surface area contributed by atoms with Crippen LogP contribution in [0.5, 0.6) is 0 Å². The third-order valence-corrected chi connectivity index (χ3v) is 3.98. The van der Waals surface area contributed by atoms with Gasteiger partial charge >= 0.3 is 0 Å². The summed E-state index contributed by atoms with van der Waals surface area (Å²) >= 11 is 0. The highest BCUT2D eigenvalue weighted by atomic mass is 16.5. The lowest BCUT2D eigenvalue weighted by Crippen LogP contribution is -2.34. The van der Waals surface area contributed by atoms with Crippen LogP contribution >= 0.6 is 0 Å². The summed E-state index contributed by atoms with van der Waals surface area (Å²) in [4.78, 5) is 2.47. The molecule has 0 spiro atoms. The number of aliphatic hydroxyl groups is 1. The van der Waals surface area contributed by atoms with Crippen molar-refractivity contribution < 1.29 is 9.84 Å². The molecule has 3 nitrogen and oxygen atoms in total. The molecule has 2 aliphatic heterocycles. The summed E-state index contributed by atoms with van der Waals surface area (Å²) < 4.78 is 5.38. The molecule has 3 heteroatoms. The molecule has 0 bridgehead atoms. The fourth-order valence-corrected chi connectivity index (χ4v) is 2.94. The third kappa shape index (κ3) is 3.23. The molecular weight excluding hydrogens is 214 g/mol. The smallest absolute Gasteiger partial charge is 0.0901 e. The number of rotatable bonds is 3. The molecule has 0 amide bonds. The average Bonchev–Trinajstić information content (AvgIpc) is 2.55. The summed E-state index contributed by atoms with van der Waals surface area (Å²) in [7, 11) is 0. The molecule has 0 radical (unpaired) electrons. The predicted molar refractivity (Wildman–Crippen MR) is 68.8 cm³/mol. The van der Waals surface area contributed by atoms with E-state index in [0.717, 1.165) is 63.9 Å². The van der Waals surface area contributed by atoms with Gasteiger partial charge in [0.05, 0.1) is 18.5 Å². The van der Waals surface area contributed by atoms with Gasteiger partial charge in [0.25, 0.3) is 0 Å². The Morgan fingerprint density at radius 1 is 1.35 bits per heavy atom. The Hall–Kier alpha value is -0.540. The van der Waals surface area contributed by atoms with Gasteiger partial charge < -0.3 is 14.7 Å². The van der Waals surface area contributed by atoms with Crippen LogP contribution in [0.15, 0.2) is 11.8 Å². The van der Waals surface area contributed by atoms with E-state index < -0.39 is 5.60 Å². The molecule has 1 atom stereocenters. The van der Waals surface area contributed by atoms with Crippen LogP contribution in [-0.2, 0) is 4.74 Å². The Morgan fingerprint density at radius 2 is 2.24 bits per heavy atom. The lowest BCUT2D eigenvalue weighted by atomic mass is 9.84. The third-order valence-electron chi connectivity index (χ3n) is 3.98. The highest BCUT2D eigenvalue weighted by molar-refractivity contribution is 5.16. The molecule has 98 valence electrons. The highest BCUT2D eigenvalue weighted by Crippen LogP contribution is 2.33. The summed E-state index contributed by atoms with van der Waals surface area (Å²) in [6, 6.07) is 0. The van der Waals surface area contributed by atoms with E-state index in [-0.39, 0.29) is 0 Å². The first-order chi connectivity index (χ1) is 8.24. The van der Waals surface area contributed by atoms with Crippen molar-refractivity contribution in [2.24, 2.45) is 0 Å². The van der Waals surface area contributed by atoms with Gasteiger partial charge in [-0.25, -0.2) is 0 Å². The van der Waals surface area contributed by atoms with Crippen LogP contribution < -0.4 is 0 Å². The first-order valence-electron chi connectivity index (χ1n) is 7.00. The first-order valence-corrected chi connectivity index (χ1v) is 7.00. The van der Waals surface area contributed by atoms with Crippen LogP contribution in [-0.4, -0.2) is 41.8 Å². The topological polar surface area (TPSA) is 32.7 Å². The van der Waals surface area contributed by atoms with Gasteiger partial charge in [-0.15, -0.1) is 0 Å². The van der Waals surface area contributed by atoms with Crippen molar-refractivity contribution in [2.45, 2.75) is 51.0 Å². The maximum absolute atomic E-state index is 10.8. The van der Waals surface area contributed by atoms with Crippen LogP contribution in [0.1, 0.15) is 45.4 Å². The zero-order valence-electron chi connectivity index (χ0n) is 11.0. The minimum atomic E-state index is -0.594. The molecule has 2 heterocycles. The zero-order chi connectivity index (χ0) is 12.1. The highest BCUT2D eigenvalue weighted by Gasteiger charge is 2.34. The van der Waals surface area contributed by atoms with Crippen LogP contribution in [0, 0.1) is 0 Å². The van der Waals surface area contributed by atoms with Crippen molar-refractivity contribution in [3.05, 3.63) is 11.8 Å². The van der Waals surface area contributed by atoms with Crippen molar-refractivity contribution in [3.63, 3.8) is 0 Å². The standard InChI is InChI=1S/C14H25NO2/c1-2-8-15-9-4-6-14(16,7-10-15)13-5-3-11-17-12-13/h12,16H,2-11H2,1H3. The molecule has 0 saturated carbocycles.